The maximum absolute atomic E-state index is 12.2. The summed E-state index contributed by atoms with van der Waals surface area (Å²) in [5.74, 6) is -0.685. The van der Waals surface area contributed by atoms with Gasteiger partial charge in [0.1, 0.15) is 5.71 Å². The lowest BCUT2D eigenvalue weighted by Gasteiger charge is -2.12. The first kappa shape index (κ1) is 17.0. The number of nitrogens with one attached hydrogen (secondary N) is 3. The Balaban J connectivity index is 1.68. The average Bonchev–Trinajstić information content (AvgIpc) is 3.08. The number of hydrogen-bond donors (Lipinski definition) is 3. The van der Waals surface area contributed by atoms with Gasteiger partial charge >= 0.3 is 0 Å². The first-order chi connectivity index (χ1) is 11.9. The van der Waals surface area contributed by atoms with E-state index < -0.39 is 15.9 Å². The Morgan fingerprint density at radius 2 is 1.96 bits per heavy atom. The molecule has 3 N–H and O–H groups in total. The number of carbonyl (C=O) groups excluding carboxylic acids is 2. The predicted molar refractivity (Wildman–Crippen MR) is 92.8 cm³/mol. The third kappa shape index (κ3) is 4.19. The number of rotatable bonds is 5. The van der Waals surface area contributed by atoms with Crippen LogP contribution in [0, 0.1) is 0 Å². The molecule has 25 heavy (non-hydrogen) atoms. The van der Waals surface area contributed by atoms with Crippen LogP contribution >= 0.6 is 11.3 Å². The Morgan fingerprint density at radius 1 is 1.20 bits per heavy atom. The fourth-order valence-electron chi connectivity index (χ4n) is 2.01. The quantitative estimate of drug-likeness (QED) is 0.717. The molecule has 3 rings (SSSR count). The van der Waals surface area contributed by atoms with E-state index in [1.807, 2.05) is 0 Å². The van der Waals surface area contributed by atoms with Crippen LogP contribution in [0.25, 0.3) is 0 Å². The maximum Gasteiger partial charge on any atom is 0.271 e. The fourth-order valence-corrected chi connectivity index (χ4v) is 3.79. The molecule has 130 valence electrons. The molecule has 1 aliphatic rings. The van der Waals surface area contributed by atoms with Gasteiger partial charge in [0.25, 0.3) is 15.9 Å². The molecule has 2 aromatic rings. The summed E-state index contributed by atoms with van der Waals surface area (Å²) in [4.78, 5) is 27.0. The largest absolute Gasteiger partial charge is 0.321 e. The Labute approximate surface area is 147 Å². The molecular weight excluding hydrogens is 366 g/mol. The number of nitrogens with zero attached hydrogens (tertiary/aromatic N) is 2. The molecule has 0 saturated carbocycles. The van der Waals surface area contributed by atoms with Crippen molar-refractivity contribution < 1.29 is 18.0 Å². The number of hydrazone groups is 1. The number of anilines is 2. The average molecular weight is 379 g/mol. The molecule has 2 amide bonds. The number of thiazole rings is 1. The van der Waals surface area contributed by atoms with E-state index in [9.17, 15) is 18.0 Å². The van der Waals surface area contributed by atoms with Crippen molar-refractivity contribution >= 4 is 49.7 Å². The minimum atomic E-state index is -3.74. The van der Waals surface area contributed by atoms with Crippen LogP contribution in [0.4, 0.5) is 10.8 Å². The minimum Gasteiger partial charge on any atom is -0.321 e. The highest BCUT2D eigenvalue weighted by Gasteiger charge is 2.19. The van der Waals surface area contributed by atoms with Crippen molar-refractivity contribution in [2.75, 3.05) is 10.0 Å². The summed E-state index contributed by atoms with van der Waals surface area (Å²) in [7, 11) is -3.74. The standard InChI is InChI=1S/C14H13N5O4S2/c20-12-6-5-11(17-18-12)13(21)16-9-1-3-10(4-2-9)25(22,23)19-14-15-7-8-24-14/h1-4,7-8H,5-6H2,(H,15,19)(H,16,21)(H,18,20). The number of sulfonamides is 1. The summed E-state index contributed by atoms with van der Waals surface area (Å²) in [6, 6.07) is 5.68. The number of hydrogen-bond acceptors (Lipinski definition) is 7. The summed E-state index contributed by atoms with van der Waals surface area (Å²) < 4.78 is 26.8. The maximum atomic E-state index is 12.2. The van der Waals surface area contributed by atoms with Crippen molar-refractivity contribution in [3.8, 4) is 0 Å². The van der Waals surface area contributed by atoms with E-state index in [0.29, 0.717) is 5.69 Å². The minimum absolute atomic E-state index is 0.0444. The lowest BCUT2D eigenvalue weighted by Crippen LogP contribution is -2.32. The van der Waals surface area contributed by atoms with Crippen LogP contribution in [0.5, 0.6) is 0 Å². The second-order valence-electron chi connectivity index (χ2n) is 5.01. The summed E-state index contributed by atoms with van der Waals surface area (Å²) in [6.07, 6.45) is 1.95. The Kier molecular flexibility index (Phi) is 4.76. The molecule has 0 bridgehead atoms. The molecular formula is C14H13N5O4S2. The van der Waals surface area contributed by atoms with Crippen LogP contribution in [0.3, 0.4) is 0 Å². The highest BCUT2D eigenvalue weighted by atomic mass is 32.2. The van der Waals surface area contributed by atoms with E-state index >= 15 is 0 Å². The smallest absolute Gasteiger partial charge is 0.271 e. The molecule has 0 spiro atoms. The van der Waals surface area contributed by atoms with Gasteiger partial charge in [-0.1, -0.05) is 0 Å². The van der Waals surface area contributed by atoms with Gasteiger partial charge in [0.15, 0.2) is 5.13 Å². The lowest BCUT2D eigenvalue weighted by molar-refractivity contribution is -0.121. The van der Waals surface area contributed by atoms with Gasteiger partial charge in [0, 0.05) is 30.1 Å². The Hall–Kier alpha value is -2.79. The molecule has 11 heteroatoms. The van der Waals surface area contributed by atoms with Crippen molar-refractivity contribution in [1.29, 1.82) is 0 Å². The highest BCUT2D eigenvalue weighted by Crippen LogP contribution is 2.19. The lowest BCUT2D eigenvalue weighted by atomic mass is 10.1. The van der Waals surface area contributed by atoms with Gasteiger partial charge < -0.3 is 5.32 Å². The van der Waals surface area contributed by atoms with Gasteiger partial charge in [-0.15, -0.1) is 11.3 Å². The van der Waals surface area contributed by atoms with E-state index in [0.717, 1.165) is 0 Å². The molecule has 0 saturated heterocycles. The third-order valence-electron chi connectivity index (χ3n) is 3.24. The van der Waals surface area contributed by atoms with Crippen LogP contribution in [-0.4, -0.2) is 30.9 Å². The monoisotopic (exact) mass is 379 g/mol. The van der Waals surface area contributed by atoms with E-state index in [4.69, 9.17) is 0 Å². The second-order valence-corrected chi connectivity index (χ2v) is 7.59. The van der Waals surface area contributed by atoms with E-state index in [-0.39, 0.29) is 34.5 Å². The normalized spacial score (nSPS) is 14.4. The molecule has 0 unspecified atom stereocenters. The summed E-state index contributed by atoms with van der Waals surface area (Å²) >= 11 is 1.17. The van der Waals surface area contributed by atoms with Gasteiger partial charge in [-0.05, 0) is 24.3 Å². The van der Waals surface area contributed by atoms with Gasteiger partial charge in [-0.3, -0.25) is 14.3 Å². The van der Waals surface area contributed by atoms with Gasteiger partial charge in [0.2, 0.25) is 5.91 Å². The molecule has 0 fully saturated rings. The SMILES string of the molecule is O=C1CCC(C(=O)Nc2ccc(S(=O)(=O)Nc3nccs3)cc2)=NN1. The molecule has 9 nitrogen and oxygen atoms in total. The molecule has 1 aromatic carbocycles. The van der Waals surface area contributed by atoms with Gasteiger partial charge in [-0.25, -0.2) is 18.8 Å². The van der Waals surface area contributed by atoms with E-state index in [2.05, 4.69) is 25.6 Å². The third-order valence-corrected chi connectivity index (χ3v) is 5.42. The van der Waals surface area contributed by atoms with Crippen LogP contribution in [0.1, 0.15) is 12.8 Å². The number of amides is 2. The summed E-state index contributed by atoms with van der Waals surface area (Å²) in [5, 5.41) is 8.24. The molecule has 0 atom stereocenters. The second kappa shape index (κ2) is 6.99. The zero-order valence-corrected chi connectivity index (χ0v) is 14.4. The Bertz CT molecular complexity index is 921. The van der Waals surface area contributed by atoms with Gasteiger partial charge in [0.05, 0.1) is 4.90 Å². The van der Waals surface area contributed by atoms with Crippen molar-refractivity contribution in [3.05, 3.63) is 35.8 Å². The topological polar surface area (TPSA) is 130 Å². The predicted octanol–water partition coefficient (Wildman–Crippen LogP) is 1.15. The zero-order valence-electron chi connectivity index (χ0n) is 12.7. The summed E-state index contributed by atoms with van der Waals surface area (Å²) in [5.41, 5.74) is 2.87. The van der Waals surface area contributed by atoms with Crippen molar-refractivity contribution in [2.45, 2.75) is 17.7 Å². The van der Waals surface area contributed by atoms with Crippen molar-refractivity contribution in [2.24, 2.45) is 5.10 Å². The van der Waals surface area contributed by atoms with Crippen LogP contribution in [0.2, 0.25) is 0 Å². The zero-order chi connectivity index (χ0) is 17.9. The van der Waals surface area contributed by atoms with Crippen molar-refractivity contribution in [1.82, 2.24) is 10.4 Å². The molecule has 2 heterocycles. The number of benzene rings is 1. The highest BCUT2D eigenvalue weighted by molar-refractivity contribution is 7.93. The molecule has 0 radical (unpaired) electrons. The molecule has 1 aliphatic heterocycles. The molecule has 1 aromatic heterocycles. The van der Waals surface area contributed by atoms with Crippen LogP contribution in [-0.2, 0) is 19.6 Å². The van der Waals surface area contributed by atoms with Crippen LogP contribution in [0.15, 0.2) is 45.8 Å². The Morgan fingerprint density at radius 3 is 2.56 bits per heavy atom. The van der Waals surface area contributed by atoms with Gasteiger partial charge in [-0.2, -0.15) is 5.10 Å². The fraction of sp³-hybridized carbons (Fsp3) is 0.143. The van der Waals surface area contributed by atoms with E-state index in [1.54, 1.807) is 5.38 Å². The molecule has 0 aliphatic carbocycles. The number of carbonyl (C=O) groups is 2. The van der Waals surface area contributed by atoms with E-state index in [1.165, 1.54) is 41.8 Å². The first-order valence-electron chi connectivity index (χ1n) is 7.13. The summed E-state index contributed by atoms with van der Waals surface area (Å²) in [6.45, 7) is 0. The number of aromatic nitrogens is 1. The van der Waals surface area contributed by atoms with Crippen molar-refractivity contribution in [3.63, 3.8) is 0 Å². The van der Waals surface area contributed by atoms with Crippen LogP contribution < -0.4 is 15.5 Å². The first-order valence-corrected chi connectivity index (χ1v) is 9.49.